The number of halogens is 5. The minimum atomic E-state index is -2.60. The second kappa shape index (κ2) is 9.21. The molecule has 0 amide bonds. The van der Waals surface area contributed by atoms with Gasteiger partial charge >= 0.3 is 0 Å². The van der Waals surface area contributed by atoms with Crippen LogP contribution in [0.15, 0.2) is 36.5 Å². The van der Waals surface area contributed by atoms with Gasteiger partial charge in [-0.25, -0.2) is 27.5 Å². The van der Waals surface area contributed by atoms with E-state index in [0.717, 1.165) is 12.1 Å². The average Bonchev–Trinajstić information content (AvgIpc) is 2.79. The van der Waals surface area contributed by atoms with Crippen molar-refractivity contribution in [3.05, 3.63) is 76.1 Å². The molecule has 1 aromatic carbocycles. The Bertz CT molecular complexity index is 1510. The van der Waals surface area contributed by atoms with E-state index in [-0.39, 0.29) is 33.0 Å². The molecular formula is C24H20ClF4N4OP. The van der Waals surface area contributed by atoms with Crippen LogP contribution in [-0.4, -0.2) is 28.3 Å². The lowest BCUT2D eigenvalue weighted by Crippen LogP contribution is -2.12. The van der Waals surface area contributed by atoms with Crippen molar-refractivity contribution in [1.82, 2.24) is 15.0 Å². The normalized spacial score (nSPS) is 12.7. The fourth-order valence-corrected chi connectivity index (χ4v) is 4.57. The molecule has 4 aromatic rings. The molecule has 4 rings (SSSR count). The molecule has 182 valence electrons. The number of hydrogen-bond donors (Lipinski definition) is 1. The zero-order chi connectivity index (χ0) is 25.7. The fraction of sp³-hybridized carbons (Fsp3) is 0.208. The van der Waals surface area contributed by atoms with E-state index in [1.807, 2.05) is 0 Å². The Balaban J connectivity index is 1.84. The van der Waals surface area contributed by atoms with Crippen molar-refractivity contribution < 1.29 is 22.1 Å². The van der Waals surface area contributed by atoms with Crippen LogP contribution in [0.4, 0.5) is 23.2 Å². The minimum absolute atomic E-state index is 0.0463. The molecule has 0 unspecified atom stereocenters. The first kappa shape index (κ1) is 25.1. The van der Waals surface area contributed by atoms with E-state index < -0.39 is 36.5 Å². The first-order valence-corrected chi connectivity index (χ1v) is 13.4. The summed E-state index contributed by atoms with van der Waals surface area (Å²) < 4.78 is 68.8. The van der Waals surface area contributed by atoms with Gasteiger partial charge in [-0.3, -0.25) is 4.98 Å². The monoisotopic (exact) mass is 522 g/mol. The van der Waals surface area contributed by atoms with Gasteiger partial charge in [-0.2, -0.15) is 0 Å². The third-order valence-corrected chi connectivity index (χ3v) is 7.31. The second-order valence-electron chi connectivity index (χ2n) is 8.46. The molecule has 5 nitrogen and oxygen atoms in total. The van der Waals surface area contributed by atoms with Crippen LogP contribution in [0.2, 0.25) is 5.02 Å². The number of fused-ring (bicyclic) bond motifs is 1. The molecule has 1 atom stereocenters. The Morgan fingerprint density at radius 3 is 2.34 bits per heavy atom. The van der Waals surface area contributed by atoms with Crippen LogP contribution < -0.4 is 10.8 Å². The molecule has 3 heterocycles. The van der Waals surface area contributed by atoms with Crippen LogP contribution in [0.25, 0.3) is 22.3 Å². The summed E-state index contributed by atoms with van der Waals surface area (Å²) in [6.07, 6.45) is 1.38. The molecule has 0 aliphatic heterocycles. The molecule has 35 heavy (non-hydrogen) atoms. The van der Waals surface area contributed by atoms with E-state index in [1.54, 1.807) is 32.4 Å². The standard InChI is InChI=1S/C24H20ClF4N4OP/c1-11(14-6-7-15(26)21(29)20(14)28)32-24-19(25)12(2)31-17-9-16(27)22(33-23(17)24)13-5-8-18(30-10-13)35(3,4)34/h5-11H,1-4H3,(H,31,32)/t11-/m0/s1. The van der Waals surface area contributed by atoms with Gasteiger partial charge < -0.3 is 9.88 Å². The van der Waals surface area contributed by atoms with E-state index in [2.05, 4.69) is 20.3 Å². The third-order valence-electron chi connectivity index (χ3n) is 5.48. The third kappa shape index (κ3) is 4.75. The van der Waals surface area contributed by atoms with Crippen molar-refractivity contribution in [2.45, 2.75) is 19.9 Å². The molecule has 0 saturated carbocycles. The number of aromatic nitrogens is 3. The highest BCUT2D eigenvalue weighted by Gasteiger charge is 2.22. The van der Waals surface area contributed by atoms with Gasteiger partial charge in [0.25, 0.3) is 0 Å². The smallest absolute Gasteiger partial charge is 0.194 e. The summed E-state index contributed by atoms with van der Waals surface area (Å²) in [6, 6.07) is 5.41. The maximum atomic E-state index is 15.0. The summed E-state index contributed by atoms with van der Waals surface area (Å²) in [7, 11) is -2.60. The van der Waals surface area contributed by atoms with Crippen molar-refractivity contribution in [3.8, 4) is 11.3 Å². The Kier molecular flexibility index (Phi) is 6.60. The number of rotatable bonds is 5. The second-order valence-corrected chi connectivity index (χ2v) is 12.0. The molecule has 0 saturated heterocycles. The zero-order valence-corrected chi connectivity index (χ0v) is 20.8. The van der Waals surface area contributed by atoms with Gasteiger partial charge in [0.05, 0.1) is 33.4 Å². The highest BCUT2D eigenvalue weighted by atomic mass is 35.5. The van der Waals surface area contributed by atoms with Crippen molar-refractivity contribution >= 4 is 40.9 Å². The Labute approximate surface area is 204 Å². The van der Waals surface area contributed by atoms with Crippen molar-refractivity contribution in [2.24, 2.45) is 0 Å². The Morgan fingerprint density at radius 1 is 1.00 bits per heavy atom. The molecule has 0 fully saturated rings. The summed E-state index contributed by atoms with van der Waals surface area (Å²) >= 11 is 6.48. The van der Waals surface area contributed by atoms with E-state index in [9.17, 15) is 17.7 Å². The van der Waals surface area contributed by atoms with E-state index in [4.69, 9.17) is 11.6 Å². The van der Waals surface area contributed by atoms with Crippen molar-refractivity contribution in [3.63, 3.8) is 0 Å². The topological polar surface area (TPSA) is 67.8 Å². The van der Waals surface area contributed by atoms with Gasteiger partial charge in [-0.1, -0.05) is 17.7 Å². The molecule has 1 N–H and O–H groups in total. The van der Waals surface area contributed by atoms with Crippen LogP contribution in [0.5, 0.6) is 0 Å². The van der Waals surface area contributed by atoms with Gasteiger partial charge in [-0.05, 0) is 45.4 Å². The molecular weight excluding hydrogens is 503 g/mol. The summed E-state index contributed by atoms with van der Waals surface area (Å²) in [4.78, 5) is 12.9. The van der Waals surface area contributed by atoms with Gasteiger partial charge in [0.15, 0.2) is 23.3 Å². The molecule has 0 aliphatic carbocycles. The number of aryl methyl sites for hydroxylation is 1. The van der Waals surface area contributed by atoms with Crippen LogP contribution in [-0.2, 0) is 4.57 Å². The minimum Gasteiger partial charge on any atom is -0.375 e. The molecule has 0 radical (unpaired) electrons. The highest BCUT2D eigenvalue weighted by Crippen LogP contribution is 2.37. The molecule has 0 spiro atoms. The number of pyridine rings is 3. The number of nitrogens with one attached hydrogen (secondary N) is 1. The van der Waals surface area contributed by atoms with E-state index >= 15 is 4.39 Å². The molecule has 11 heteroatoms. The SMILES string of the molecule is Cc1nc2cc(F)c(-c3ccc(P(C)(C)=O)nc3)nc2c(N[C@@H](C)c2ccc(F)c(F)c2F)c1Cl. The molecule has 0 bridgehead atoms. The van der Waals surface area contributed by atoms with Crippen LogP contribution in [0.3, 0.4) is 0 Å². The number of hydrogen-bond acceptors (Lipinski definition) is 5. The number of nitrogens with zero attached hydrogens (tertiary/aromatic N) is 3. The van der Waals surface area contributed by atoms with Crippen molar-refractivity contribution in [1.29, 1.82) is 0 Å². The lowest BCUT2D eigenvalue weighted by molar-refractivity contribution is 0.438. The van der Waals surface area contributed by atoms with Crippen LogP contribution >= 0.6 is 18.7 Å². The molecule has 0 aliphatic rings. The molecule has 3 aromatic heterocycles. The first-order chi connectivity index (χ1) is 16.4. The zero-order valence-electron chi connectivity index (χ0n) is 19.1. The van der Waals surface area contributed by atoms with Crippen LogP contribution in [0.1, 0.15) is 24.2 Å². The Hall–Kier alpha value is -3.03. The van der Waals surface area contributed by atoms with Gasteiger partial charge in [0.2, 0.25) is 0 Å². The average molecular weight is 523 g/mol. The predicted molar refractivity (Wildman–Crippen MR) is 130 cm³/mol. The number of benzene rings is 1. The summed E-state index contributed by atoms with van der Waals surface area (Å²) in [5, 5.41) is 3.14. The number of anilines is 1. The highest BCUT2D eigenvalue weighted by molar-refractivity contribution is 7.69. The Morgan fingerprint density at radius 2 is 1.71 bits per heavy atom. The van der Waals surface area contributed by atoms with E-state index in [0.29, 0.717) is 16.7 Å². The maximum absolute atomic E-state index is 15.0. The summed E-state index contributed by atoms with van der Waals surface area (Å²) in [5.74, 6) is -4.87. The fourth-order valence-electron chi connectivity index (χ4n) is 3.61. The van der Waals surface area contributed by atoms with Gasteiger partial charge in [-0.15, -0.1) is 0 Å². The first-order valence-electron chi connectivity index (χ1n) is 10.5. The van der Waals surface area contributed by atoms with Crippen LogP contribution in [0, 0.1) is 30.2 Å². The van der Waals surface area contributed by atoms with Gasteiger partial charge in [0.1, 0.15) is 18.4 Å². The lowest BCUT2D eigenvalue weighted by Gasteiger charge is -2.20. The summed E-state index contributed by atoms with van der Waals surface area (Å²) in [6.45, 7) is 6.30. The quantitative estimate of drug-likeness (QED) is 0.181. The van der Waals surface area contributed by atoms with Crippen molar-refractivity contribution in [2.75, 3.05) is 18.6 Å². The largest absolute Gasteiger partial charge is 0.375 e. The van der Waals surface area contributed by atoms with Gasteiger partial charge in [0, 0.05) is 23.4 Å². The summed E-state index contributed by atoms with van der Waals surface area (Å²) in [5.41, 5.74) is 1.52. The lowest BCUT2D eigenvalue weighted by atomic mass is 10.1. The van der Waals surface area contributed by atoms with E-state index in [1.165, 1.54) is 19.2 Å². The maximum Gasteiger partial charge on any atom is 0.194 e. The predicted octanol–water partition coefficient (Wildman–Crippen LogP) is 6.63.